The molecule has 0 aliphatic heterocycles. The molecule has 0 aliphatic rings. The molecule has 0 saturated carbocycles. The summed E-state index contributed by atoms with van der Waals surface area (Å²) >= 11 is 1.17. The number of pyridine rings is 1. The number of hydrogen-bond acceptors (Lipinski definition) is 5. The maximum absolute atomic E-state index is 10.8. The highest BCUT2D eigenvalue weighted by Gasteiger charge is 2.09. The van der Waals surface area contributed by atoms with Crippen molar-refractivity contribution >= 4 is 23.4 Å². The molecule has 1 aromatic carbocycles. The van der Waals surface area contributed by atoms with Crippen LogP contribution in [0, 0.1) is 10.1 Å². The van der Waals surface area contributed by atoms with Crippen molar-refractivity contribution in [2.75, 3.05) is 0 Å². The first-order chi connectivity index (χ1) is 9.06. The van der Waals surface area contributed by atoms with Gasteiger partial charge in [-0.2, -0.15) is 0 Å². The van der Waals surface area contributed by atoms with E-state index < -0.39 is 10.9 Å². The lowest BCUT2D eigenvalue weighted by molar-refractivity contribution is -0.385. The fraction of sp³-hybridized carbons (Fsp3) is 0. The molecule has 0 aliphatic carbocycles. The number of rotatable bonds is 4. The monoisotopic (exact) mass is 276 g/mol. The fourth-order valence-electron chi connectivity index (χ4n) is 1.38. The van der Waals surface area contributed by atoms with Gasteiger partial charge in [0.2, 0.25) is 0 Å². The molecule has 0 spiro atoms. The molecular weight excluding hydrogens is 268 g/mol. The average Bonchev–Trinajstić information content (AvgIpc) is 2.39. The quantitative estimate of drug-likeness (QED) is 0.681. The van der Waals surface area contributed by atoms with Gasteiger partial charge in [-0.15, -0.1) is 0 Å². The van der Waals surface area contributed by atoms with E-state index in [-0.39, 0.29) is 11.3 Å². The van der Waals surface area contributed by atoms with Crippen LogP contribution >= 0.6 is 11.8 Å². The third-order valence-electron chi connectivity index (χ3n) is 2.23. The minimum Gasteiger partial charge on any atom is -0.478 e. The van der Waals surface area contributed by atoms with Crippen LogP contribution in [0.4, 0.5) is 5.69 Å². The van der Waals surface area contributed by atoms with Gasteiger partial charge in [-0.3, -0.25) is 10.1 Å². The van der Waals surface area contributed by atoms with Gasteiger partial charge in [0.1, 0.15) is 5.03 Å². The number of carboxylic acid groups (broad SMARTS) is 1. The first-order valence-corrected chi connectivity index (χ1v) is 5.99. The maximum atomic E-state index is 10.8. The van der Waals surface area contributed by atoms with Gasteiger partial charge in [0.05, 0.1) is 10.5 Å². The molecule has 7 heteroatoms. The lowest BCUT2D eigenvalue weighted by atomic mass is 10.2. The van der Waals surface area contributed by atoms with Gasteiger partial charge in [-0.05, 0) is 18.2 Å². The van der Waals surface area contributed by atoms with E-state index in [0.29, 0.717) is 9.92 Å². The van der Waals surface area contributed by atoms with Crippen molar-refractivity contribution in [2.45, 2.75) is 9.92 Å². The summed E-state index contributed by atoms with van der Waals surface area (Å²) in [6.45, 7) is 0. The van der Waals surface area contributed by atoms with Gasteiger partial charge in [0, 0.05) is 23.2 Å². The average molecular weight is 276 g/mol. The normalized spacial score (nSPS) is 10.1. The summed E-state index contributed by atoms with van der Waals surface area (Å²) in [5.41, 5.74) is 0.113. The lowest BCUT2D eigenvalue weighted by Crippen LogP contribution is -1.95. The minimum atomic E-state index is -1.02. The lowest BCUT2D eigenvalue weighted by Gasteiger charge is -2.02. The largest absolute Gasteiger partial charge is 0.478 e. The molecule has 6 nitrogen and oxygen atoms in total. The summed E-state index contributed by atoms with van der Waals surface area (Å²) in [4.78, 5) is 25.6. The van der Waals surface area contributed by atoms with Crippen molar-refractivity contribution in [2.24, 2.45) is 0 Å². The Balaban J connectivity index is 2.26. The minimum absolute atomic E-state index is 0.0492. The molecule has 0 unspecified atom stereocenters. The fourth-order valence-corrected chi connectivity index (χ4v) is 2.25. The van der Waals surface area contributed by atoms with Crippen LogP contribution in [0.25, 0.3) is 0 Å². The Morgan fingerprint density at radius 1 is 1.32 bits per heavy atom. The number of carboxylic acids is 1. The zero-order valence-electron chi connectivity index (χ0n) is 9.52. The summed E-state index contributed by atoms with van der Waals surface area (Å²) in [5, 5.41) is 20.0. The van der Waals surface area contributed by atoms with E-state index in [2.05, 4.69) is 4.98 Å². The molecule has 2 aromatic rings. The van der Waals surface area contributed by atoms with E-state index in [1.807, 2.05) is 0 Å². The predicted molar refractivity (Wildman–Crippen MR) is 68.4 cm³/mol. The molecule has 0 bridgehead atoms. The standard InChI is InChI=1S/C12H8N2O4S/c15-12(16)8-2-1-3-10(6-8)19-11-7-9(14(17)18)4-5-13-11/h1-7H,(H,15,16). The molecule has 0 fully saturated rings. The highest BCUT2D eigenvalue weighted by molar-refractivity contribution is 7.99. The molecule has 2 rings (SSSR count). The Labute approximate surface area is 112 Å². The molecule has 1 aromatic heterocycles. The van der Waals surface area contributed by atoms with E-state index in [4.69, 9.17) is 5.11 Å². The smallest absolute Gasteiger partial charge is 0.335 e. The van der Waals surface area contributed by atoms with Crippen LogP contribution in [-0.2, 0) is 0 Å². The van der Waals surface area contributed by atoms with Gasteiger partial charge in [0.25, 0.3) is 5.69 Å². The van der Waals surface area contributed by atoms with Crippen molar-refractivity contribution in [3.63, 3.8) is 0 Å². The molecule has 0 amide bonds. The Morgan fingerprint density at radius 2 is 2.11 bits per heavy atom. The number of aromatic nitrogens is 1. The first-order valence-electron chi connectivity index (χ1n) is 5.18. The first kappa shape index (κ1) is 13.0. The van der Waals surface area contributed by atoms with E-state index in [1.54, 1.807) is 12.1 Å². The van der Waals surface area contributed by atoms with E-state index in [9.17, 15) is 14.9 Å². The zero-order valence-corrected chi connectivity index (χ0v) is 10.3. The maximum Gasteiger partial charge on any atom is 0.335 e. The van der Waals surface area contributed by atoms with E-state index in [1.165, 1.54) is 42.2 Å². The zero-order chi connectivity index (χ0) is 13.8. The van der Waals surface area contributed by atoms with Crippen LogP contribution in [0.5, 0.6) is 0 Å². The predicted octanol–water partition coefficient (Wildman–Crippen LogP) is 2.84. The molecule has 96 valence electrons. The molecular formula is C12H8N2O4S. The summed E-state index contributed by atoms with van der Waals surface area (Å²) in [5.74, 6) is -1.02. The topological polar surface area (TPSA) is 93.3 Å². The number of aromatic carboxylic acids is 1. The van der Waals surface area contributed by atoms with Crippen LogP contribution in [0.1, 0.15) is 10.4 Å². The van der Waals surface area contributed by atoms with E-state index in [0.717, 1.165) is 0 Å². The summed E-state index contributed by atoms with van der Waals surface area (Å²) in [6, 6.07) is 8.96. The molecule has 1 heterocycles. The molecule has 19 heavy (non-hydrogen) atoms. The van der Waals surface area contributed by atoms with Crippen molar-refractivity contribution in [3.8, 4) is 0 Å². The van der Waals surface area contributed by atoms with Crippen LogP contribution in [0.2, 0.25) is 0 Å². The van der Waals surface area contributed by atoms with Gasteiger partial charge in [-0.25, -0.2) is 9.78 Å². The Bertz CT molecular complexity index is 590. The molecule has 1 N–H and O–H groups in total. The third-order valence-corrected chi connectivity index (χ3v) is 3.15. The Kier molecular flexibility index (Phi) is 3.76. The number of hydrogen-bond donors (Lipinski definition) is 1. The second-order valence-electron chi connectivity index (χ2n) is 3.54. The van der Waals surface area contributed by atoms with Crippen molar-refractivity contribution in [1.82, 2.24) is 4.98 Å². The SMILES string of the molecule is O=C(O)c1cccc(Sc2cc([N+](=O)[O-])ccn2)c1. The Morgan fingerprint density at radius 3 is 2.79 bits per heavy atom. The number of nitro groups is 1. The third kappa shape index (κ3) is 3.29. The number of benzene rings is 1. The van der Waals surface area contributed by atoms with Crippen LogP contribution in [0.3, 0.4) is 0 Å². The van der Waals surface area contributed by atoms with Gasteiger partial charge < -0.3 is 5.11 Å². The van der Waals surface area contributed by atoms with Crippen LogP contribution in [-0.4, -0.2) is 21.0 Å². The second-order valence-corrected chi connectivity index (χ2v) is 4.64. The highest BCUT2D eigenvalue weighted by Crippen LogP contribution is 2.28. The Hall–Kier alpha value is -2.41. The summed E-state index contributed by atoms with van der Waals surface area (Å²) in [7, 11) is 0. The van der Waals surface area contributed by atoms with Gasteiger partial charge in [0.15, 0.2) is 0 Å². The number of carbonyl (C=O) groups is 1. The van der Waals surface area contributed by atoms with Crippen LogP contribution in [0.15, 0.2) is 52.5 Å². The summed E-state index contributed by atoms with van der Waals surface area (Å²) in [6.07, 6.45) is 1.35. The van der Waals surface area contributed by atoms with Crippen molar-refractivity contribution in [3.05, 3.63) is 58.3 Å². The molecule has 0 atom stereocenters. The van der Waals surface area contributed by atoms with Gasteiger partial charge >= 0.3 is 5.97 Å². The van der Waals surface area contributed by atoms with Crippen LogP contribution < -0.4 is 0 Å². The molecule has 0 saturated heterocycles. The second kappa shape index (κ2) is 5.49. The highest BCUT2D eigenvalue weighted by atomic mass is 32.2. The van der Waals surface area contributed by atoms with Crippen molar-refractivity contribution in [1.29, 1.82) is 0 Å². The molecule has 0 radical (unpaired) electrons. The van der Waals surface area contributed by atoms with E-state index >= 15 is 0 Å². The number of nitrogens with zero attached hydrogens (tertiary/aromatic N) is 2. The van der Waals surface area contributed by atoms with Crippen molar-refractivity contribution < 1.29 is 14.8 Å². The summed E-state index contributed by atoms with van der Waals surface area (Å²) < 4.78 is 0. The van der Waals surface area contributed by atoms with Gasteiger partial charge in [-0.1, -0.05) is 17.8 Å².